The molecule has 0 atom stereocenters. The number of anilines is 1. The monoisotopic (exact) mass is 436 g/mol. The Hall–Kier alpha value is -3.12. The molecule has 0 bridgehead atoms. The molecule has 1 aliphatic rings. The Morgan fingerprint density at radius 1 is 0.935 bits per heavy atom. The van der Waals surface area contributed by atoms with Crippen LogP contribution in [-0.4, -0.2) is 46.8 Å². The van der Waals surface area contributed by atoms with Crippen LogP contribution in [-0.2, 0) is 11.2 Å². The molecule has 160 valence electrons. The highest BCUT2D eigenvalue weighted by Crippen LogP contribution is 2.16. The van der Waals surface area contributed by atoms with Crippen LogP contribution in [0.4, 0.5) is 5.82 Å². The van der Waals surface area contributed by atoms with Crippen molar-refractivity contribution in [1.29, 1.82) is 0 Å². The third-order valence-electron chi connectivity index (χ3n) is 5.51. The van der Waals surface area contributed by atoms with Crippen LogP contribution in [0.1, 0.15) is 17.5 Å². The van der Waals surface area contributed by atoms with E-state index in [-0.39, 0.29) is 11.5 Å². The molecule has 1 fully saturated rings. The molecule has 0 radical (unpaired) electrons. The first-order valence-electron chi connectivity index (χ1n) is 10.4. The van der Waals surface area contributed by atoms with Crippen LogP contribution in [0.5, 0.6) is 0 Å². The van der Waals surface area contributed by atoms with Gasteiger partial charge in [-0.1, -0.05) is 41.4 Å². The third kappa shape index (κ3) is 5.14. The minimum atomic E-state index is -0.165. The maximum Gasteiger partial charge on any atom is 0.271 e. The lowest BCUT2D eigenvalue weighted by molar-refractivity contribution is -0.130. The second kappa shape index (κ2) is 9.35. The van der Waals surface area contributed by atoms with E-state index in [1.807, 2.05) is 60.4 Å². The summed E-state index contributed by atoms with van der Waals surface area (Å²) in [5, 5.41) is 5.27. The first kappa shape index (κ1) is 21.1. The number of carbonyl (C=O) groups excluding carboxylic acids is 1. The van der Waals surface area contributed by atoms with E-state index in [9.17, 15) is 9.59 Å². The minimum absolute atomic E-state index is 0.113. The number of hydrogen-bond donors (Lipinski definition) is 0. The minimum Gasteiger partial charge on any atom is -0.353 e. The second-order valence-corrected chi connectivity index (χ2v) is 8.24. The molecule has 1 saturated heterocycles. The first-order valence-corrected chi connectivity index (χ1v) is 10.8. The normalized spacial score (nSPS) is 14.4. The average molecular weight is 437 g/mol. The zero-order valence-corrected chi connectivity index (χ0v) is 18.3. The number of halogens is 1. The van der Waals surface area contributed by atoms with Crippen molar-refractivity contribution in [3.8, 4) is 5.69 Å². The van der Waals surface area contributed by atoms with Crippen molar-refractivity contribution in [3.05, 3.63) is 87.2 Å². The molecule has 2 aromatic carbocycles. The molecule has 0 unspecified atom stereocenters. The van der Waals surface area contributed by atoms with E-state index < -0.39 is 0 Å². The Balaban J connectivity index is 1.45. The highest BCUT2D eigenvalue weighted by atomic mass is 35.5. The molecule has 1 aliphatic heterocycles. The van der Waals surface area contributed by atoms with Gasteiger partial charge >= 0.3 is 0 Å². The van der Waals surface area contributed by atoms with E-state index in [2.05, 4.69) is 10.00 Å². The molecule has 3 aromatic rings. The van der Waals surface area contributed by atoms with E-state index in [0.717, 1.165) is 35.6 Å². The Bertz CT molecular complexity index is 1110. The van der Waals surface area contributed by atoms with Crippen LogP contribution in [0.25, 0.3) is 5.69 Å². The molecule has 0 spiro atoms. The van der Waals surface area contributed by atoms with Crippen molar-refractivity contribution in [3.63, 3.8) is 0 Å². The summed E-state index contributed by atoms with van der Waals surface area (Å²) < 4.78 is 1.43. The number of carbonyl (C=O) groups is 1. The van der Waals surface area contributed by atoms with Gasteiger partial charge in [-0.25, -0.2) is 0 Å². The first-order chi connectivity index (χ1) is 15.0. The van der Waals surface area contributed by atoms with Gasteiger partial charge in [0.05, 0.1) is 12.1 Å². The smallest absolute Gasteiger partial charge is 0.271 e. The molecule has 7 heteroatoms. The summed E-state index contributed by atoms with van der Waals surface area (Å²) in [6.07, 6.45) is 1.21. The number of amides is 1. The van der Waals surface area contributed by atoms with E-state index in [0.29, 0.717) is 31.1 Å². The van der Waals surface area contributed by atoms with Crippen LogP contribution in [0.15, 0.2) is 65.5 Å². The Morgan fingerprint density at radius 2 is 1.68 bits per heavy atom. The quantitative estimate of drug-likeness (QED) is 0.628. The molecule has 31 heavy (non-hydrogen) atoms. The Labute approximate surface area is 186 Å². The van der Waals surface area contributed by atoms with Crippen molar-refractivity contribution in [1.82, 2.24) is 14.7 Å². The third-order valence-corrected chi connectivity index (χ3v) is 5.76. The van der Waals surface area contributed by atoms with Crippen LogP contribution < -0.4 is 10.5 Å². The Morgan fingerprint density at radius 3 is 2.42 bits per heavy atom. The molecule has 0 saturated carbocycles. The van der Waals surface area contributed by atoms with Gasteiger partial charge in [0.25, 0.3) is 5.56 Å². The molecule has 0 N–H and O–H groups in total. The predicted molar refractivity (Wildman–Crippen MR) is 123 cm³/mol. The predicted octanol–water partition coefficient (Wildman–Crippen LogP) is 3.48. The van der Waals surface area contributed by atoms with Gasteiger partial charge in [0.1, 0.15) is 5.82 Å². The lowest BCUT2D eigenvalue weighted by atomic mass is 10.1. The van der Waals surface area contributed by atoms with Gasteiger partial charge in [0.15, 0.2) is 0 Å². The zero-order chi connectivity index (χ0) is 21.8. The maximum atomic E-state index is 12.8. The van der Waals surface area contributed by atoms with Crippen LogP contribution in [0.2, 0.25) is 5.02 Å². The van der Waals surface area contributed by atoms with Gasteiger partial charge in [0.2, 0.25) is 5.91 Å². The highest BCUT2D eigenvalue weighted by Gasteiger charge is 2.20. The van der Waals surface area contributed by atoms with Crippen molar-refractivity contribution in [2.75, 3.05) is 31.1 Å². The average Bonchev–Trinajstić information content (AvgIpc) is 3.03. The van der Waals surface area contributed by atoms with Gasteiger partial charge < -0.3 is 9.80 Å². The summed E-state index contributed by atoms with van der Waals surface area (Å²) in [6.45, 7) is 4.79. The topological polar surface area (TPSA) is 58.4 Å². The van der Waals surface area contributed by atoms with Gasteiger partial charge in [-0.3, -0.25) is 9.59 Å². The molecule has 6 nitrogen and oxygen atoms in total. The molecular formula is C24H25ClN4O2. The van der Waals surface area contributed by atoms with Crippen LogP contribution in [0, 0.1) is 6.92 Å². The lowest BCUT2D eigenvalue weighted by Gasteiger charge is -2.23. The summed E-state index contributed by atoms with van der Waals surface area (Å²) in [5.41, 5.74) is 2.67. The highest BCUT2D eigenvalue weighted by molar-refractivity contribution is 6.30. The largest absolute Gasteiger partial charge is 0.353 e. The Kier molecular flexibility index (Phi) is 6.37. The standard InChI is InChI=1S/C24H25ClN4O2/c1-18-3-9-21(10-4-18)29-23(30)12-11-22(26-29)27-13-2-14-28(16-15-27)24(31)17-19-5-7-20(25)8-6-19/h3-12H,2,13-17H2,1H3. The van der Waals surface area contributed by atoms with Crippen molar-refractivity contribution in [2.45, 2.75) is 19.8 Å². The fourth-order valence-corrected chi connectivity index (χ4v) is 3.85. The second-order valence-electron chi connectivity index (χ2n) is 7.80. The zero-order valence-electron chi connectivity index (χ0n) is 17.5. The molecule has 4 rings (SSSR count). The number of benzene rings is 2. The van der Waals surface area contributed by atoms with Crippen molar-refractivity contribution >= 4 is 23.3 Å². The summed E-state index contributed by atoms with van der Waals surface area (Å²) >= 11 is 5.93. The fourth-order valence-electron chi connectivity index (χ4n) is 3.73. The van der Waals surface area contributed by atoms with E-state index >= 15 is 0 Å². The molecule has 1 aromatic heterocycles. The summed E-state index contributed by atoms with van der Waals surface area (Å²) in [7, 11) is 0. The summed E-state index contributed by atoms with van der Waals surface area (Å²) in [6, 6.07) is 18.4. The van der Waals surface area contributed by atoms with Gasteiger partial charge in [-0.05, 0) is 49.2 Å². The molecular weight excluding hydrogens is 412 g/mol. The molecule has 1 amide bonds. The fraction of sp³-hybridized carbons (Fsp3) is 0.292. The van der Waals surface area contributed by atoms with Gasteiger partial charge in [0, 0.05) is 37.3 Å². The van der Waals surface area contributed by atoms with E-state index in [1.54, 1.807) is 12.1 Å². The van der Waals surface area contributed by atoms with E-state index in [1.165, 1.54) is 4.68 Å². The number of aryl methyl sites for hydroxylation is 1. The summed E-state index contributed by atoms with van der Waals surface area (Å²) in [5.74, 6) is 0.855. The van der Waals surface area contributed by atoms with Crippen molar-refractivity contribution < 1.29 is 4.79 Å². The number of rotatable bonds is 4. The summed E-state index contributed by atoms with van der Waals surface area (Å²) in [4.78, 5) is 29.2. The van der Waals surface area contributed by atoms with E-state index in [4.69, 9.17) is 11.6 Å². The van der Waals surface area contributed by atoms with Crippen LogP contribution in [0.3, 0.4) is 0 Å². The SMILES string of the molecule is Cc1ccc(-n2nc(N3CCCN(C(=O)Cc4ccc(Cl)cc4)CC3)ccc2=O)cc1. The number of nitrogens with zero attached hydrogens (tertiary/aromatic N) is 4. The maximum absolute atomic E-state index is 12.8. The molecule has 2 heterocycles. The van der Waals surface area contributed by atoms with Crippen LogP contribution >= 0.6 is 11.6 Å². The molecule has 0 aliphatic carbocycles. The number of aromatic nitrogens is 2. The van der Waals surface area contributed by atoms with Gasteiger partial charge in [-0.2, -0.15) is 4.68 Å². The number of hydrogen-bond acceptors (Lipinski definition) is 4. The van der Waals surface area contributed by atoms with Crippen molar-refractivity contribution in [2.24, 2.45) is 0 Å². The lowest BCUT2D eigenvalue weighted by Crippen LogP contribution is -2.36. The van der Waals surface area contributed by atoms with Gasteiger partial charge in [-0.15, -0.1) is 5.10 Å².